The van der Waals surface area contributed by atoms with Gasteiger partial charge in [0.05, 0.1) is 0 Å². The fraction of sp³-hybridized carbons (Fsp3) is 0.467. The van der Waals surface area contributed by atoms with Crippen molar-refractivity contribution in [1.82, 2.24) is 20.1 Å². The molecule has 2 aromatic rings. The molecule has 0 aliphatic rings. The molecule has 5 heteroatoms. The van der Waals surface area contributed by atoms with E-state index >= 15 is 0 Å². The number of rotatable bonds is 7. The predicted octanol–water partition coefficient (Wildman–Crippen LogP) is 2.68. The first-order chi connectivity index (χ1) is 9.72. The second-order valence-electron chi connectivity index (χ2n) is 4.95. The van der Waals surface area contributed by atoms with E-state index in [0.29, 0.717) is 5.92 Å². The summed E-state index contributed by atoms with van der Waals surface area (Å²) in [6.07, 6.45) is 3.64. The highest BCUT2D eigenvalue weighted by Gasteiger charge is 2.14. The normalized spacial score (nSPS) is 12.6. The van der Waals surface area contributed by atoms with Crippen LogP contribution >= 0.6 is 15.9 Å². The van der Waals surface area contributed by atoms with Crippen molar-refractivity contribution in [3.8, 4) is 0 Å². The Bertz CT molecular complexity index is 521. The zero-order valence-corrected chi connectivity index (χ0v) is 13.6. The molecule has 1 atom stereocenters. The average Bonchev–Trinajstić information content (AvgIpc) is 2.89. The number of aromatic nitrogens is 3. The van der Waals surface area contributed by atoms with E-state index in [9.17, 15) is 0 Å². The van der Waals surface area contributed by atoms with Gasteiger partial charge in [-0.15, -0.1) is 0 Å². The van der Waals surface area contributed by atoms with Gasteiger partial charge >= 0.3 is 0 Å². The molecule has 0 fully saturated rings. The largest absolute Gasteiger partial charge is 0.319 e. The van der Waals surface area contributed by atoms with Crippen LogP contribution in [-0.4, -0.2) is 28.4 Å². The lowest BCUT2D eigenvalue weighted by atomic mass is 9.95. The molecule has 1 N–H and O–H groups in total. The quantitative estimate of drug-likeness (QED) is 0.845. The van der Waals surface area contributed by atoms with Crippen LogP contribution in [0.4, 0.5) is 0 Å². The van der Waals surface area contributed by atoms with Crippen LogP contribution in [0.3, 0.4) is 0 Å². The summed E-state index contributed by atoms with van der Waals surface area (Å²) in [6, 6.07) is 8.55. The zero-order valence-electron chi connectivity index (χ0n) is 12.0. The molecule has 1 aromatic heterocycles. The maximum Gasteiger partial charge on any atom is 0.138 e. The lowest BCUT2D eigenvalue weighted by molar-refractivity contribution is 0.464. The Hall–Kier alpha value is -1.20. The van der Waals surface area contributed by atoms with Crippen LogP contribution in [-0.2, 0) is 19.4 Å². The minimum atomic E-state index is 0.524. The number of nitrogens with one attached hydrogen (secondary N) is 1. The van der Waals surface area contributed by atoms with Gasteiger partial charge in [0, 0.05) is 17.4 Å². The van der Waals surface area contributed by atoms with Crippen molar-refractivity contribution in [2.45, 2.75) is 26.3 Å². The van der Waals surface area contributed by atoms with E-state index in [1.165, 1.54) is 5.56 Å². The smallest absolute Gasteiger partial charge is 0.138 e. The van der Waals surface area contributed by atoms with Crippen LogP contribution in [0.15, 0.2) is 35.1 Å². The summed E-state index contributed by atoms with van der Waals surface area (Å²) in [7, 11) is 2.00. The lowest BCUT2D eigenvalue weighted by Crippen LogP contribution is -2.24. The SMILES string of the molecule is CCn1ncnc1CC(CNC)Cc1ccc(Br)cc1. The Morgan fingerprint density at radius 1 is 1.25 bits per heavy atom. The monoisotopic (exact) mass is 336 g/mol. The highest BCUT2D eigenvalue weighted by molar-refractivity contribution is 9.10. The zero-order chi connectivity index (χ0) is 14.4. The molecule has 0 saturated carbocycles. The van der Waals surface area contributed by atoms with E-state index in [1.54, 1.807) is 6.33 Å². The van der Waals surface area contributed by atoms with Crippen LogP contribution in [0.2, 0.25) is 0 Å². The number of halogens is 1. The third-order valence-electron chi connectivity index (χ3n) is 3.40. The van der Waals surface area contributed by atoms with Crippen LogP contribution in [0.25, 0.3) is 0 Å². The molecule has 20 heavy (non-hydrogen) atoms. The van der Waals surface area contributed by atoms with E-state index in [-0.39, 0.29) is 0 Å². The summed E-state index contributed by atoms with van der Waals surface area (Å²) in [5.41, 5.74) is 1.36. The van der Waals surface area contributed by atoms with E-state index in [0.717, 1.165) is 36.2 Å². The fourth-order valence-electron chi connectivity index (χ4n) is 2.43. The summed E-state index contributed by atoms with van der Waals surface area (Å²) >= 11 is 3.48. The van der Waals surface area contributed by atoms with Crippen molar-refractivity contribution in [2.24, 2.45) is 5.92 Å². The van der Waals surface area contributed by atoms with Gasteiger partial charge in [-0.25, -0.2) is 4.98 Å². The van der Waals surface area contributed by atoms with Gasteiger partial charge in [-0.1, -0.05) is 28.1 Å². The average molecular weight is 337 g/mol. The first kappa shape index (κ1) is 15.2. The van der Waals surface area contributed by atoms with Crippen LogP contribution < -0.4 is 5.32 Å². The molecule has 0 bridgehead atoms. The van der Waals surface area contributed by atoms with Gasteiger partial charge in [-0.2, -0.15) is 5.10 Å². The van der Waals surface area contributed by atoms with Crippen molar-refractivity contribution < 1.29 is 0 Å². The summed E-state index contributed by atoms with van der Waals surface area (Å²) in [6.45, 7) is 3.95. The van der Waals surface area contributed by atoms with E-state index in [4.69, 9.17) is 0 Å². The van der Waals surface area contributed by atoms with Crippen molar-refractivity contribution >= 4 is 15.9 Å². The topological polar surface area (TPSA) is 42.7 Å². The molecular weight excluding hydrogens is 316 g/mol. The number of hydrogen-bond donors (Lipinski definition) is 1. The van der Waals surface area contributed by atoms with Crippen molar-refractivity contribution in [2.75, 3.05) is 13.6 Å². The Morgan fingerprint density at radius 3 is 2.65 bits per heavy atom. The highest BCUT2D eigenvalue weighted by Crippen LogP contribution is 2.16. The minimum Gasteiger partial charge on any atom is -0.319 e. The highest BCUT2D eigenvalue weighted by atomic mass is 79.9. The molecule has 0 aliphatic heterocycles. The van der Waals surface area contributed by atoms with Crippen LogP contribution in [0.1, 0.15) is 18.3 Å². The van der Waals surface area contributed by atoms with Crippen LogP contribution in [0, 0.1) is 5.92 Å². The van der Waals surface area contributed by atoms with Gasteiger partial charge in [-0.05, 0) is 50.6 Å². The number of hydrogen-bond acceptors (Lipinski definition) is 3. The number of aryl methyl sites for hydroxylation is 1. The first-order valence-electron chi connectivity index (χ1n) is 6.98. The summed E-state index contributed by atoms with van der Waals surface area (Å²) in [5, 5.41) is 7.53. The summed E-state index contributed by atoms with van der Waals surface area (Å²) in [5.74, 6) is 1.60. The van der Waals surface area contributed by atoms with Gasteiger partial charge in [-0.3, -0.25) is 4.68 Å². The van der Waals surface area contributed by atoms with Gasteiger partial charge in [0.15, 0.2) is 0 Å². The lowest BCUT2D eigenvalue weighted by Gasteiger charge is -2.16. The Labute approximate surface area is 128 Å². The molecule has 108 valence electrons. The second kappa shape index (κ2) is 7.55. The van der Waals surface area contributed by atoms with E-state index < -0.39 is 0 Å². The number of benzene rings is 1. The molecule has 0 radical (unpaired) electrons. The Balaban J connectivity index is 2.05. The van der Waals surface area contributed by atoms with Crippen molar-refractivity contribution in [3.05, 3.63) is 46.5 Å². The van der Waals surface area contributed by atoms with Gasteiger partial charge < -0.3 is 5.32 Å². The summed E-state index contributed by atoms with van der Waals surface area (Å²) < 4.78 is 3.10. The minimum absolute atomic E-state index is 0.524. The summed E-state index contributed by atoms with van der Waals surface area (Å²) in [4.78, 5) is 4.38. The van der Waals surface area contributed by atoms with E-state index in [1.807, 2.05) is 11.7 Å². The van der Waals surface area contributed by atoms with Crippen LogP contribution in [0.5, 0.6) is 0 Å². The second-order valence-corrected chi connectivity index (χ2v) is 5.87. The molecule has 1 aromatic carbocycles. The fourth-order valence-corrected chi connectivity index (χ4v) is 2.69. The Kier molecular flexibility index (Phi) is 5.73. The third kappa shape index (κ3) is 4.15. The molecule has 1 unspecified atom stereocenters. The molecule has 1 heterocycles. The molecule has 0 saturated heterocycles. The maximum atomic E-state index is 4.38. The number of nitrogens with zero attached hydrogens (tertiary/aromatic N) is 3. The van der Waals surface area contributed by atoms with Crippen molar-refractivity contribution in [3.63, 3.8) is 0 Å². The molecule has 2 rings (SSSR count). The first-order valence-corrected chi connectivity index (χ1v) is 7.78. The molecule has 0 spiro atoms. The molecular formula is C15H21BrN4. The van der Waals surface area contributed by atoms with Gasteiger partial charge in [0.25, 0.3) is 0 Å². The van der Waals surface area contributed by atoms with Gasteiger partial charge in [0.2, 0.25) is 0 Å². The molecule has 4 nitrogen and oxygen atoms in total. The van der Waals surface area contributed by atoms with E-state index in [2.05, 4.69) is 62.5 Å². The predicted molar refractivity (Wildman–Crippen MR) is 84.7 cm³/mol. The standard InChI is InChI=1S/C15H21BrN4/c1-3-20-15(18-11-19-20)9-13(10-17-2)8-12-4-6-14(16)7-5-12/h4-7,11,13,17H,3,8-10H2,1-2H3. The third-order valence-corrected chi connectivity index (χ3v) is 3.93. The van der Waals surface area contributed by atoms with Crippen molar-refractivity contribution in [1.29, 1.82) is 0 Å². The Morgan fingerprint density at radius 2 is 2.00 bits per heavy atom. The maximum absolute atomic E-state index is 4.38. The molecule has 0 aliphatic carbocycles. The van der Waals surface area contributed by atoms with Gasteiger partial charge in [0.1, 0.15) is 12.2 Å². The molecule has 0 amide bonds.